The Morgan fingerprint density at radius 2 is 2.08 bits per heavy atom. The van der Waals surface area contributed by atoms with Crippen LogP contribution in [0, 0.1) is 5.41 Å². The van der Waals surface area contributed by atoms with E-state index in [1.165, 1.54) is 0 Å². The van der Waals surface area contributed by atoms with Crippen molar-refractivity contribution in [2.75, 3.05) is 13.7 Å². The Labute approximate surface area is 98.7 Å². The van der Waals surface area contributed by atoms with Gasteiger partial charge in [-0.15, -0.1) is 5.41 Å². The second-order valence-electron chi connectivity index (χ2n) is 3.12. The molecule has 0 amide bonds. The van der Waals surface area contributed by atoms with Gasteiger partial charge in [-0.25, -0.2) is 0 Å². The fourth-order valence-electron chi connectivity index (χ4n) is 0.658. The second kappa shape index (κ2) is 7.13. The normalized spacial score (nSPS) is 13.3. The molecule has 0 spiro atoms. The van der Waals surface area contributed by atoms with E-state index in [2.05, 4.69) is 0 Å². The standard InChI is InChI=1S/C8H15O3.Y/c1-8(2,6-9)7(10)4-5-11-3;/h7,10H,4-5H2,1-3H3;/q-1;/t7-;/m0./s1. The largest absolute Gasteiger partial charge is 0.541 e. The van der Waals surface area contributed by atoms with Crippen LogP contribution in [0.25, 0.3) is 0 Å². The first-order valence-corrected chi connectivity index (χ1v) is 3.61. The van der Waals surface area contributed by atoms with Crippen LogP contribution in [0.1, 0.15) is 20.3 Å². The maximum absolute atomic E-state index is 10.3. The van der Waals surface area contributed by atoms with Crippen LogP contribution in [0.4, 0.5) is 0 Å². The molecule has 0 saturated heterocycles. The zero-order valence-electron chi connectivity index (χ0n) is 7.83. The molecule has 0 aromatic heterocycles. The van der Waals surface area contributed by atoms with Crippen molar-refractivity contribution < 1.29 is 47.3 Å². The summed E-state index contributed by atoms with van der Waals surface area (Å²) in [4.78, 5) is 10.3. The van der Waals surface area contributed by atoms with Crippen molar-refractivity contribution in [3.63, 3.8) is 0 Å². The molecule has 0 rings (SSSR count). The van der Waals surface area contributed by atoms with Gasteiger partial charge in [0.05, 0.1) is 0 Å². The topological polar surface area (TPSA) is 46.5 Å². The molecule has 0 aliphatic heterocycles. The Bertz CT molecular complexity index is 125. The molecule has 0 aliphatic carbocycles. The molecular weight excluding hydrogens is 233 g/mol. The number of methoxy groups -OCH3 is 1. The molecular formula is C8H15O3Y-. The predicted octanol–water partition coefficient (Wildman–Crippen LogP) is 0.517. The fourth-order valence-corrected chi connectivity index (χ4v) is 0.658. The molecule has 0 unspecified atom stereocenters. The van der Waals surface area contributed by atoms with E-state index in [0.717, 1.165) is 0 Å². The number of hydrogen-bond donors (Lipinski definition) is 1. The fraction of sp³-hybridized carbons (Fsp3) is 0.875. The van der Waals surface area contributed by atoms with Crippen LogP contribution in [-0.2, 0) is 42.2 Å². The first kappa shape index (κ1) is 15.2. The number of rotatable bonds is 5. The first-order valence-electron chi connectivity index (χ1n) is 3.61. The number of aliphatic hydroxyl groups is 1. The van der Waals surface area contributed by atoms with Gasteiger partial charge in [0, 0.05) is 52.5 Å². The van der Waals surface area contributed by atoms with Crippen LogP contribution in [0.15, 0.2) is 0 Å². The molecule has 0 fully saturated rings. The molecule has 4 heteroatoms. The quantitative estimate of drug-likeness (QED) is 0.721. The number of carbonyl (C=O) groups excluding carboxylic acids is 1. The van der Waals surface area contributed by atoms with E-state index in [-0.39, 0.29) is 32.7 Å². The molecule has 1 atom stereocenters. The van der Waals surface area contributed by atoms with Gasteiger partial charge >= 0.3 is 0 Å². The Balaban J connectivity index is 0. The van der Waals surface area contributed by atoms with E-state index in [9.17, 15) is 9.90 Å². The average molecular weight is 248 g/mol. The first-order chi connectivity index (χ1) is 5.04. The van der Waals surface area contributed by atoms with E-state index in [0.29, 0.717) is 13.0 Å². The molecule has 0 bridgehead atoms. The second-order valence-corrected chi connectivity index (χ2v) is 3.12. The summed E-state index contributed by atoms with van der Waals surface area (Å²) in [6.07, 6.45) is 1.60. The minimum Gasteiger partial charge on any atom is -0.541 e. The monoisotopic (exact) mass is 248 g/mol. The van der Waals surface area contributed by atoms with Crippen LogP contribution in [-0.4, -0.2) is 31.2 Å². The number of aliphatic hydroxyl groups excluding tert-OH is 1. The molecule has 1 radical (unpaired) electrons. The predicted molar refractivity (Wildman–Crippen MR) is 42.0 cm³/mol. The van der Waals surface area contributed by atoms with Crippen molar-refractivity contribution in [2.24, 2.45) is 5.41 Å². The number of hydrogen-bond acceptors (Lipinski definition) is 3. The summed E-state index contributed by atoms with van der Waals surface area (Å²) in [6.45, 7) is 3.77. The van der Waals surface area contributed by atoms with Gasteiger partial charge in [0.2, 0.25) is 0 Å². The third kappa shape index (κ3) is 5.36. The molecule has 12 heavy (non-hydrogen) atoms. The van der Waals surface area contributed by atoms with Crippen molar-refractivity contribution >= 4 is 6.29 Å². The van der Waals surface area contributed by atoms with Gasteiger partial charge in [-0.05, 0) is 6.42 Å². The van der Waals surface area contributed by atoms with E-state index in [4.69, 9.17) is 4.74 Å². The van der Waals surface area contributed by atoms with Crippen molar-refractivity contribution in [3.05, 3.63) is 0 Å². The molecule has 3 nitrogen and oxygen atoms in total. The van der Waals surface area contributed by atoms with Gasteiger partial charge in [0.1, 0.15) is 0 Å². The van der Waals surface area contributed by atoms with Crippen molar-refractivity contribution in [3.8, 4) is 0 Å². The minimum absolute atomic E-state index is 0. The summed E-state index contributed by atoms with van der Waals surface area (Å²) in [7, 11) is 1.56. The number of ether oxygens (including phenoxy) is 1. The Kier molecular flexibility index (Phi) is 9.02. The smallest absolute Gasteiger partial charge is 0.0486 e. The van der Waals surface area contributed by atoms with Gasteiger partial charge in [0.15, 0.2) is 0 Å². The van der Waals surface area contributed by atoms with E-state index in [1.807, 2.05) is 0 Å². The third-order valence-electron chi connectivity index (χ3n) is 1.69. The van der Waals surface area contributed by atoms with Crippen molar-refractivity contribution in [2.45, 2.75) is 26.4 Å². The maximum Gasteiger partial charge on any atom is 0.0486 e. The Hall–Kier alpha value is 0.694. The Morgan fingerprint density at radius 1 is 1.58 bits per heavy atom. The SMILES string of the molecule is COCC[C@H](O)C(C)(C)[C-]=O.[Y]. The van der Waals surface area contributed by atoms with E-state index in [1.54, 1.807) is 27.2 Å². The summed E-state index contributed by atoms with van der Waals surface area (Å²) in [5.41, 5.74) is -0.779. The van der Waals surface area contributed by atoms with Gasteiger partial charge in [-0.2, -0.15) is 0 Å². The molecule has 69 valence electrons. The molecule has 0 saturated carbocycles. The van der Waals surface area contributed by atoms with Crippen molar-refractivity contribution in [1.82, 2.24) is 0 Å². The summed E-state index contributed by atoms with van der Waals surface area (Å²) in [5, 5.41) is 9.37. The maximum atomic E-state index is 10.3. The summed E-state index contributed by atoms with van der Waals surface area (Å²) >= 11 is 0. The zero-order valence-corrected chi connectivity index (χ0v) is 10.7. The molecule has 0 aliphatic rings. The molecule has 0 aromatic carbocycles. The van der Waals surface area contributed by atoms with Gasteiger partial charge < -0.3 is 14.6 Å². The summed E-state index contributed by atoms with van der Waals surface area (Å²) in [5.74, 6) is 0. The van der Waals surface area contributed by atoms with Crippen molar-refractivity contribution in [1.29, 1.82) is 0 Å². The van der Waals surface area contributed by atoms with E-state index >= 15 is 0 Å². The minimum atomic E-state index is -0.779. The van der Waals surface area contributed by atoms with Crippen LogP contribution in [0.3, 0.4) is 0 Å². The van der Waals surface area contributed by atoms with Gasteiger partial charge in [-0.1, -0.05) is 13.8 Å². The van der Waals surface area contributed by atoms with Crippen LogP contribution >= 0.6 is 0 Å². The van der Waals surface area contributed by atoms with Gasteiger partial charge in [0.25, 0.3) is 0 Å². The summed E-state index contributed by atoms with van der Waals surface area (Å²) < 4.78 is 4.76. The van der Waals surface area contributed by atoms with Crippen LogP contribution in [0.2, 0.25) is 0 Å². The van der Waals surface area contributed by atoms with E-state index < -0.39 is 11.5 Å². The molecule has 0 aromatic rings. The van der Waals surface area contributed by atoms with Crippen LogP contribution in [0.5, 0.6) is 0 Å². The molecule has 0 heterocycles. The third-order valence-corrected chi connectivity index (χ3v) is 1.69. The zero-order chi connectivity index (χ0) is 8.91. The summed E-state index contributed by atoms with van der Waals surface area (Å²) in [6, 6.07) is 0. The van der Waals surface area contributed by atoms with Crippen LogP contribution < -0.4 is 0 Å². The van der Waals surface area contributed by atoms with Gasteiger partial charge in [-0.3, -0.25) is 6.29 Å². The molecule has 1 N–H and O–H groups in total. The average Bonchev–Trinajstić information content (AvgIpc) is 2.00. The Morgan fingerprint density at radius 3 is 2.42 bits per heavy atom.